The highest BCUT2D eigenvalue weighted by Gasteiger charge is 2.11. The molecule has 1 heterocycles. The largest absolute Gasteiger partial charge is 0.494 e. The standard InChI is InChI=1S/C24H30ClN3O2/c1-17(2)24(29)26-13-6-10-23-27-21-8-4-5-9-22(21)28(23)14-7-15-30-19-11-12-20(25)18(3)16-19/h4-5,8-9,11-12,16-17H,6-7,10,13-15H2,1-3H3,(H,26,29). The Bertz CT molecular complexity index is 997. The summed E-state index contributed by atoms with van der Waals surface area (Å²) in [5.41, 5.74) is 3.16. The molecule has 0 bridgehead atoms. The van der Waals surface area contributed by atoms with Gasteiger partial charge in [0, 0.05) is 30.5 Å². The third kappa shape index (κ3) is 5.76. The maximum atomic E-state index is 11.7. The molecule has 1 amide bonds. The Morgan fingerprint density at radius 1 is 1.20 bits per heavy atom. The topological polar surface area (TPSA) is 56.1 Å². The molecule has 3 aromatic rings. The van der Waals surface area contributed by atoms with Crippen LogP contribution < -0.4 is 10.1 Å². The number of benzene rings is 2. The van der Waals surface area contributed by atoms with Crippen molar-refractivity contribution >= 4 is 28.5 Å². The monoisotopic (exact) mass is 427 g/mol. The Kier molecular flexibility index (Phi) is 7.75. The average Bonchev–Trinajstić information content (AvgIpc) is 3.08. The van der Waals surface area contributed by atoms with E-state index in [1.54, 1.807) is 0 Å². The van der Waals surface area contributed by atoms with Crippen LogP contribution in [0.3, 0.4) is 0 Å². The van der Waals surface area contributed by atoms with Gasteiger partial charge < -0.3 is 14.6 Å². The second kappa shape index (κ2) is 10.5. The summed E-state index contributed by atoms with van der Waals surface area (Å²) in [4.78, 5) is 16.6. The number of carbonyl (C=O) groups is 1. The number of amides is 1. The Morgan fingerprint density at radius 3 is 2.77 bits per heavy atom. The summed E-state index contributed by atoms with van der Waals surface area (Å²) in [6.45, 7) is 7.91. The molecule has 0 aliphatic rings. The molecule has 0 atom stereocenters. The number of fused-ring (bicyclic) bond motifs is 1. The summed E-state index contributed by atoms with van der Waals surface area (Å²) in [6.07, 6.45) is 2.56. The maximum Gasteiger partial charge on any atom is 0.222 e. The molecule has 3 rings (SSSR count). The van der Waals surface area contributed by atoms with Gasteiger partial charge in [-0.05, 0) is 55.7 Å². The fourth-order valence-corrected chi connectivity index (χ4v) is 3.47. The molecule has 6 heteroatoms. The molecule has 1 N–H and O–H groups in total. The zero-order valence-electron chi connectivity index (χ0n) is 18.0. The number of hydrogen-bond acceptors (Lipinski definition) is 3. The minimum atomic E-state index is 0.0130. The number of nitrogens with one attached hydrogen (secondary N) is 1. The molecule has 2 aromatic carbocycles. The molecule has 0 spiro atoms. The van der Waals surface area contributed by atoms with Gasteiger partial charge in [0.25, 0.3) is 0 Å². The van der Waals surface area contributed by atoms with Gasteiger partial charge in [-0.3, -0.25) is 4.79 Å². The molecule has 5 nitrogen and oxygen atoms in total. The van der Waals surface area contributed by atoms with E-state index in [9.17, 15) is 4.79 Å². The molecule has 0 aliphatic carbocycles. The number of carbonyl (C=O) groups excluding carboxylic acids is 1. The number of imidazole rings is 1. The number of hydrogen-bond donors (Lipinski definition) is 1. The predicted molar refractivity (Wildman–Crippen MR) is 122 cm³/mol. The number of para-hydroxylation sites is 2. The van der Waals surface area contributed by atoms with Crippen LogP contribution in [-0.4, -0.2) is 28.6 Å². The molecule has 1 aromatic heterocycles. The molecule has 0 radical (unpaired) electrons. The van der Waals surface area contributed by atoms with Gasteiger partial charge in [-0.25, -0.2) is 4.98 Å². The van der Waals surface area contributed by atoms with E-state index >= 15 is 0 Å². The van der Waals surface area contributed by atoms with Gasteiger partial charge in [0.15, 0.2) is 0 Å². The van der Waals surface area contributed by atoms with Crippen LogP contribution in [0.25, 0.3) is 11.0 Å². The molecule has 0 fully saturated rings. The van der Waals surface area contributed by atoms with Crippen LogP contribution in [0.1, 0.15) is 38.1 Å². The number of aromatic nitrogens is 2. The summed E-state index contributed by atoms with van der Waals surface area (Å²) in [5, 5.41) is 3.73. The van der Waals surface area contributed by atoms with E-state index in [-0.39, 0.29) is 11.8 Å². The molecular formula is C24H30ClN3O2. The van der Waals surface area contributed by atoms with Crippen molar-refractivity contribution in [2.24, 2.45) is 5.92 Å². The summed E-state index contributed by atoms with van der Waals surface area (Å²) < 4.78 is 8.17. The molecule has 0 saturated carbocycles. The predicted octanol–water partition coefficient (Wildman–Crippen LogP) is 5.17. The zero-order valence-corrected chi connectivity index (χ0v) is 18.7. The Hall–Kier alpha value is -2.53. The lowest BCUT2D eigenvalue weighted by molar-refractivity contribution is -0.123. The fourth-order valence-electron chi connectivity index (χ4n) is 3.35. The minimum Gasteiger partial charge on any atom is -0.494 e. The summed E-state index contributed by atoms with van der Waals surface area (Å²) in [6, 6.07) is 13.9. The Labute approximate surface area is 183 Å². The lowest BCUT2D eigenvalue weighted by Crippen LogP contribution is -2.28. The van der Waals surface area contributed by atoms with Gasteiger partial charge >= 0.3 is 0 Å². The number of rotatable bonds is 10. The smallest absolute Gasteiger partial charge is 0.222 e. The molecule has 0 unspecified atom stereocenters. The highest BCUT2D eigenvalue weighted by atomic mass is 35.5. The molecule has 0 aliphatic heterocycles. The van der Waals surface area contributed by atoms with Crippen molar-refractivity contribution in [3.8, 4) is 5.75 Å². The Balaban J connectivity index is 1.58. The molecule has 30 heavy (non-hydrogen) atoms. The van der Waals surface area contributed by atoms with E-state index in [0.717, 1.165) is 59.0 Å². The van der Waals surface area contributed by atoms with Gasteiger partial charge in [-0.2, -0.15) is 0 Å². The first-order valence-electron chi connectivity index (χ1n) is 10.6. The van der Waals surface area contributed by atoms with Crippen LogP contribution >= 0.6 is 11.6 Å². The fraction of sp³-hybridized carbons (Fsp3) is 0.417. The van der Waals surface area contributed by atoms with Crippen LogP contribution in [-0.2, 0) is 17.8 Å². The Morgan fingerprint density at radius 2 is 2.00 bits per heavy atom. The van der Waals surface area contributed by atoms with Crippen molar-refractivity contribution in [1.82, 2.24) is 14.9 Å². The first-order chi connectivity index (χ1) is 14.5. The summed E-state index contributed by atoms with van der Waals surface area (Å²) in [5.74, 6) is 2.00. The highest BCUT2D eigenvalue weighted by molar-refractivity contribution is 6.31. The van der Waals surface area contributed by atoms with Crippen LogP contribution in [0.15, 0.2) is 42.5 Å². The highest BCUT2D eigenvalue weighted by Crippen LogP contribution is 2.22. The minimum absolute atomic E-state index is 0.0130. The summed E-state index contributed by atoms with van der Waals surface area (Å²) >= 11 is 6.08. The lowest BCUT2D eigenvalue weighted by Gasteiger charge is -2.12. The molecule has 160 valence electrons. The lowest BCUT2D eigenvalue weighted by atomic mass is 10.2. The van der Waals surface area contributed by atoms with E-state index in [0.29, 0.717) is 13.2 Å². The van der Waals surface area contributed by atoms with Gasteiger partial charge in [0.05, 0.1) is 17.6 Å². The van der Waals surface area contributed by atoms with Crippen molar-refractivity contribution in [2.45, 2.75) is 46.6 Å². The average molecular weight is 428 g/mol. The number of nitrogens with zero attached hydrogens (tertiary/aromatic N) is 2. The van der Waals surface area contributed by atoms with E-state index in [1.165, 1.54) is 0 Å². The van der Waals surface area contributed by atoms with E-state index in [1.807, 2.05) is 57.2 Å². The number of ether oxygens (including phenoxy) is 1. The second-order valence-electron chi connectivity index (χ2n) is 7.83. The van der Waals surface area contributed by atoms with Crippen molar-refractivity contribution in [3.63, 3.8) is 0 Å². The van der Waals surface area contributed by atoms with Crippen LogP contribution in [0, 0.1) is 12.8 Å². The van der Waals surface area contributed by atoms with Gasteiger partial charge in [-0.1, -0.05) is 37.6 Å². The number of aryl methyl sites for hydroxylation is 3. The first-order valence-corrected chi connectivity index (χ1v) is 10.9. The van der Waals surface area contributed by atoms with Crippen molar-refractivity contribution in [3.05, 3.63) is 58.9 Å². The number of halogens is 1. The van der Waals surface area contributed by atoms with E-state index in [2.05, 4.69) is 16.0 Å². The molecule has 0 saturated heterocycles. The second-order valence-corrected chi connectivity index (χ2v) is 8.24. The third-order valence-corrected chi connectivity index (χ3v) is 5.48. The zero-order chi connectivity index (χ0) is 21.5. The van der Waals surface area contributed by atoms with Crippen molar-refractivity contribution in [2.75, 3.05) is 13.2 Å². The van der Waals surface area contributed by atoms with Gasteiger partial charge in [0.1, 0.15) is 11.6 Å². The SMILES string of the molecule is Cc1cc(OCCCn2c(CCCNC(=O)C(C)C)nc3ccccc32)ccc1Cl. The van der Waals surface area contributed by atoms with Gasteiger partial charge in [-0.15, -0.1) is 0 Å². The third-order valence-electron chi connectivity index (χ3n) is 5.06. The van der Waals surface area contributed by atoms with E-state index < -0.39 is 0 Å². The van der Waals surface area contributed by atoms with Gasteiger partial charge in [0.2, 0.25) is 5.91 Å². The normalized spacial score (nSPS) is 11.2. The maximum absolute atomic E-state index is 11.7. The van der Waals surface area contributed by atoms with Crippen molar-refractivity contribution < 1.29 is 9.53 Å². The van der Waals surface area contributed by atoms with Crippen molar-refractivity contribution in [1.29, 1.82) is 0 Å². The first kappa shape index (κ1) is 22.2. The van der Waals surface area contributed by atoms with E-state index in [4.69, 9.17) is 21.3 Å². The van der Waals surface area contributed by atoms with Crippen LogP contribution in [0.4, 0.5) is 0 Å². The van der Waals surface area contributed by atoms with Crippen LogP contribution in [0.2, 0.25) is 5.02 Å². The van der Waals surface area contributed by atoms with Crippen LogP contribution in [0.5, 0.6) is 5.75 Å². The summed E-state index contributed by atoms with van der Waals surface area (Å²) in [7, 11) is 0. The quantitative estimate of drug-likeness (QED) is 0.454. The molecular weight excluding hydrogens is 398 g/mol.